The second-order valence-corrected chi connectivity index (χ2v) is 4.34. The minimum absolute atomic E-state index is 0.0567. The average molecular weight is 185 g/mol. The first-order valence-electron chi connectivity index (χ1n) is 5.03. The van der Waals surface area contributed by atoms with Gasteiger partial charge in [-0.05, 0) is 18.3 Å². The Hall–Kier alpha value is -0.570. The summed E-state index contributed by atoms with van der Waals surface area (Å²) in [6, 6.07) is 0. The third-order valence-electron chi connectivity index (χ3n) is 3.37. The van der Waals surface area contributed by atoms with Crippen molar-refractivity contribution in [2.24, 2.45) is 17.1 Å². The third-order valence-corrected chi connectivity index (χ3v) is 3.37. The van der Waals surface area contributed by atoms with Crippen molar-refractivity contribution in [1.29, 1.82) is 0 Å². The highest BCUT2D eigenvalue weighted by atomic mass is 16.4. The zero-order chi connectivity index (χ0) is 9.90. The second-order valence-electron chi connectivity index (χ2n) is 4.34. The van der Waals surface area contributed by atoms with Crippen LogP contribution < -0.4 is 5.73 Å². The van der Waals surface area contributed by atoms with E-state index in [9.17, 15) is 4.79 Å². The van der Waals surface area contributed by atoms with Crippen LogP contribution in [-0.2, 0) is 4.79 Å². The maximum absolute atomic E-state index is 11.0. The zero-order valence-electron chi connectivity index (χ0n) is 8.25. The first kappa shape index (κ1) is 10.5. The molecule has 1 fully saturated rings. The van der Waals surface area contributed by atoms with Crippen LogP contribution in [0, 0.1) is 11.3 Å². The molecule has 0 spiro atoms. The molecule has 0 radical (unpaired) electrons. The summed E-state index contributed by atoms with van der Waals surface area (Å²) in [5, 5.41) is 9.01. The summed E-state index contributed by atoms with van der Waals surface area (Å²) in [6.45, 7) is 2.34. The van der Waals surface area contributed by atoms with Gasteiger partial charge in [-0.25, -0.2) is 0 Å². The predicted octanol–water partition coefficient (Wildman–Crippen LogP) is 1.62. The van der Waals surface area contributed by atoms with E-state index in [1.54, 1.807) is 0 Å². The summed E-state index contributed by atoms with van der Waals surface area (Å²) in [7, 11) is 0. The second kappa shape index (κ2) is 4.09. The van der Waals surface area contributed by atoms with Crippen LogP contribution in [0.2, 0.25) is 0 Å². The molecule has 13 heavy (non-hydrogen) atoms. The van der Waals surface area contributed by atoms with Gasteiger partial charge in [-0.3, -0.25) is 4.79 Å². The Labute approximate surface area is 79.3 Å². The topological polar surface area (TPSA) is 63.3 Å². The number of carboxylic acids is 1. The first-order valence-corrected chi connectivity index (χ1v) is 5.03. The minimum Gasteiger partial charge on any atom is -0.481 e. The molecule has 76 valence electrons. The van der Waals surface area contributed by atoms with Crippen LogP contribution in [-0.4, -0.2) is 17.6 Å². The van der Waals surface area contributed by atoms with Crippen LogP contribution >= 0.6 is 0 Å². The van der Waals surface area contributed by atoms with E-state index >= 15 is 0 Å². The lowest BCUT2D eigenvalue weighted by atomic mass is 9.67. The Bertz CT molecular complexity index is 185. The number of hydrogen-bond acceptors (Lipinski definition) is 2. The molecule has 0 amide bonds. The van der Waals surface area contributed by atoms with Crippen LogP contribution in [0.15, 0.2) is 0 Å². The van der Waals surface area contributed by atoms with E-state index in [0.717, 1.165) is 25.7 Å². The molecule has 1 rings (SSSR count). The Morgan fingerprint density at radius 2 is 2.00 bits per heavy atom. The summed E-state index contributed by atoms with van der Waals surface area (Å²) >= 11 is 0. The first-order chi connectivity index (χ1) is 6.10. The fourth-order valence-corrected chi connectivity index (χ4v) is 2.39. The standard InChI is InChI=1S/C10H19NO2/c1-10(5-3-2-4-6-10)8(7-11)9(12)13/h8H,2-7,11H2,1H3,(H,12,13). The van der Waals surface area contributed by atoms with Gasteiger partial charge in [-0.15, -0.1) is 0 Å². The summed E-state index contributed by atoms with van der Waals surface area (Å²) < 4.78 is 0. The summed E-state index contributed by atoms with van der Waals surface area (Å²) in [6.07, 6.45) is 5.58. The Balaban J connectivity index is 2.68. The maximum atomic E-state index is 11.0. The number of carboxylic acid groups (broad SMARTS) is 1. The van der Waals surface area contributed by atoms with Crippen molar-refractivity contribution in [3.8, 4) is 0 Å². The predicted molar refractivity (Wildman–Crippen MR) is 51.4 cm³/mol. The number of aliphatic carboxylic acids is 1. The van der Waals surface area contributed by atoms with Gasteiger partial charge in [0.25, 0.3) is 0 Å². The lowest BCUT2D eigenvalue weighted by Crippen LogP contribution is -2.40. The lowest BCUT2D eigenvalue weighted by molar-refractivity contribution is -0.146. The van der Waals surface area contributed by atoms with Crippen molar-refractivity contribution >= 4 is 5.97 Å². The smallest absolute Gasteiger partial charge is 0.308 e. The van der Waals surface area contributed by atoms with E-state index in [0.29, 0.717) is 0 Å². The van der Waals surface area contributed by atoms with E-state index in [4.69, 9.17) is 10.8 Å². The number of nitrogens with two attached hydrogens (primary N) is 1. The Kier molecular flexibility index (Phi) is 3.31. The molecule has 1 aliphatic rings. The molecular formula is C10H19NO2. The van der Waals surface area contributed by atoms with Crippen molar-refractivity contribution < 1.29 is 9.90 Å². The number of carbonyl (C=O) groups is 1. The number of rotatable bonds is 3. The van der Waals surface area contributed by atoms with Crippen LogP contribution in [0.25, 0.3) is 0 Å². The van der Waals surface area contributed by atoms with Crippen LogP contribution in [0.5, 0.6) is 0 Å². The molecule has 3 heteroatoms. The van der Waals surface area contributed by atoms with Gasteiger partial charge in [-0.2, -0.15) is 0 Å². The largest absolute Gasteiger partial charge is 0.481 e. The summed E-state index contributed by atoms with van der Waals surface area (Å²) in [5.41, 5.74) is 5.45. The highest BCUT2D eigenvalue weighted by molar-refractivity contribution is 5.71. The van der Waals surface area contributed by atoms with Gasteiger partial charge < -0.3 is 10.8 Å². The monoisotopic (exact) mass is 185 g/mol. The molecule has 0 aliphatic heterocycles. The van der Waals surface area contributed by atoms with E-state index in [-0.39, 0.29) is 17.9 Å². The highest BCUT2D eigenvalue weighted by Gasteiger charge is 2.38. The van der Waals surface area contributed by atoms with Gasteiger partial charge in [0.05, 0.1) is 5.92 Å². The Morgan fingerprint density at radius 1 is 1.46 bits per heavy atom. The molecule has 1 saturated carbocycles. The fourth-order valence-electron chi connectivity index (χ4n) is 2.39. The van der Waals surface area contributed by atoms with Crippen molar-refractivity contribution in [3.05, 3.63) is 0 Å². The minimum atomic E-state index is -0.730. The molecule has 0 bridgehead atoms. The Morgan fingerprint density at radius 3 is 2.38 bits per heavy atom. The summed E-state index contributed by atoms with van der Waals surface area (Å²) in [5.74, 6) is -1.08. The molecular weight excluding hydrogens is 166 g/mol. The average Bonchev–Trinajstić information content (AvgIpc) is 2.05. The molecule has 0 aromatic rings. The molecule has 1 atom stereocenters. The van der Waals surface area contributed by atoms with Crippen molar-refractivity contribution in [3.63, 3.8) is 0 Å². The van der Waals surface area contributed by atoms with Gasteiger partial charge in [0.15, 0.2) is 0 Å². The molecule has 0 aromatic carbocycles. The van der Waals surface area contributed by atoms with E-state index in [1.165, 1.54) is 6.42 Å². The van der Waals surface area contributed by atoms with Gasteiger partial charge >= 0.3 is 5.97 Å². The summed E-state index contributed by atoms with van der Waals surface area (Å²) in [4.78, 5) is 11.0. The van der Waals surface area contributed by atoms with Gasteiger partial charge in [0, 0.05) is 6.54 Å². The number of hydrogen-bond donors (Lipinski definition) is 2. The van der Waals surface area contributed by atoms with Gasteiger partial charge in [-0.1, -0.05) is 26.2 Å². The normalized spacial score (nSPS) is 23.8. The van der Waals surface area contributed by atoms with Crippen LogP contribution in [0.3, 0.4) is 0 Å². The van der Waals surface area contributed by atoms with E-state index in [1.807, 2.05) is 0 Å². The van der Waals surface area contributed by atoms with Gasteiger partial charge in [0.1, 0.15) is 0 Å². The van der Waals surface area contributed by atoms with Crippen molar-refractivity contribution in [1.82, 2.24) is 0 Å². The van der Waals surface area contributed by atoms with E-state index < -0.39 is 5.97 Å². The molecule has 0 heterocycles. The lowest BCUT2D eigenvalue weighted by Gasteiger charge is -2.38. The van der Waals surface area contributed by atoms with Gasteiger partial charge in [0.2, 0.25) is 0 Å². The molecule has 3 nitrogen and oxygen atoms in total. The SMILES string of the molecule is CC1(C(CN)C(=O)O)CCCCC1. The molecule has 1 aliphatic carbocycles. The molecule has 0 saturated heterocycles. The van der Waals surface area contributed by atoms with Crippen molar-refractivity contribution in [2.75, 3.05) is 6.54 Å². The zero-order valence-corrected chi connectivity index (χ0v) is 8.25. The fraction of sp³-hybridized carbons (Fsp3) is 0.900. The molecule has 3 N–H and O–H groups in total. The molecule has 1 unspecified atom stereocenters. The third kappa shape index (κ3) is 2.21. The molecule has 0 aromatic heterocycles. The highest BCUT2D eigenvalue weighted by Crippen LogP contribution is 2.41. The van der Waals surface area contributed by atoms with Crippen LogP contribution in [0.4, 0.5) is 0 Å². The quantitative estimate of drug-likeness (QED) is 0.702. The van der Waals surface area contributed by atoms with Crippen molar-refractivity contribution in [2.45, 2.75) is 39.0 Å². The maximum Gasteiger partial charge on any atom is 0.308 e. The van der Waals surface area contributed by atoms with Crippen LogP contribution in [0.1, 0.15) is 39.0 Å². The van der Waals surface area contributed by atoms with E-state index in [2.05, 4.69) is 6.92 Å².